The van der Waals surface area contributed by atoms with Crippen LogP contribution in [0, 0.1) is 0 Å². The van der Waals surface area contributed by atoms with Crippen LogP contribution in [0.15, 0.2) is 24.3 Å². The van der Waals surface area contributed by atoms with E-state index in [2.05, 4.69) is 25.2 Å². The molecule has 3 nitrogen and oxygen atoms in total. The fraction of sp³-hybridized carbons (Fsp3) is 0.600. The van der Waals surface area contributed by atoms with Crippen molar-refractivity contribution in [1.82, 2.24) is 5.32 Å². The SMILES string of the molecule is COc1ccccc1CNC1CCOC(C)(C)C1. The van der Waals surface area contributed by atoms with Gasteiger partial charge in [0.05, 0.1) is 12.7 Å². The highest BCUT2D eigenvalue weighted by Gasteiger charge is 2.28. The fourth-order valence-electron chi connectivity index (χ4n) is 2.51. The third kappa shape index (κ3) is 3.47. The van der Waals surface area contributed by atoms with E-state index in [1.807, 2.05) is 18.2 Å². The highest BCUT2D eigenvalue weighted by molar-refractivity contribution is 5.33. The van der Waals surface area contributed by atoms with Gasteiger partial charge in [-0.1, -0.05) is 18.2 Å². The van der Waals surface area contributed by atoms with Gasteiger partial charge >= 0.3 is 0 Å². The average Bonchev–Trinajstić information content (AvgIpc) is 2.35. The molecule has 0 spiro atoms. The van der Waals surface area contributed by atoms with Crippen LogP contribution in [0.25, 0.3) is 0 Å². The minimum Gasteiger partial charge on any atom is -0.496 e. The smallest absolute Gasteiger partial charge is 0.123 e. The Balaban J connectivity index is 1.91. The summed E-state index contributed by atoms with van der Waals surface area (Å²) in [6.07, 6.45) is 2.14. The minimum atomic E-state index is -0.00328. The average molecular weight is 249 g/mol. The normalized spacial score (nSPS) is 22.7. The maximum atomic E-state index is 5.73. The van der Waals surface area contributed by atoms with Crippen LogP contribution in [-0.2, 0) is 11.3 Å². The van der Waals surface area contributed by atoms with Crippen LogP contribution < -0.4 is 10.1 Å². The predicted octanol–water partition coefficient (Wildman–Crippen LogP) is 2.74. The number of para-hydroxylation sites is 1. The Hall–Kier alpha value is -1.06. The van der Waals surface area contributed by atoms with E-state index in [-0.39, 0.29) is 5.60 Å². The highest BCUT2D eigenvalue weighted by Crippen LogP contribution is 2.25. The molecule has 1 atom stereocenters. The molecule has 0 saturated carbocycles. The molecule has 1 aromatic rings. The number of hydrogen-bond acceptors (Lipinski definition) is 3. The van der Waals surface area contributed by atoms with Crippen molar-refractivity contribution in [3.63, 3.8) is 0 Å². The first kappa shape index (κ1) is 13.4. The molecule has 0 aromatic heterocycles. The van der Waals surface area contributed by atoms with Gasteiger partial charge in [-0.2, -0.15) is 0 Å². The highest BCUT2D eigenvalue weighted by atomic mass is 16.5. The lowest BCUT2D eigenvalue weighted by Gasteiger charge is -2.36. The van der Waals surface area contributed by atoms with Crippen molar-refractivity contribution >= 4 is 0 Å². The molecular formula is C15H23NO2. The van der Waals surface area contributed by atoms with Gasteiger partial charge in [-0.15, -0.1) is 0 Å². The second-order valence-electron chi connectivity index (χ2n) is 5.49. The summed E-state index contributed by atoms with van der Waals surface area (Å²) >= 11 is 0. The Morgan fingerprint density at radius 1 is 1.39 bits per heavy atom. The van der Waals surface area contributed by atoms with Gasteiger partial charge in [0, 0.05) is 24.8 Å². The Labute approximate surface area is 109 Å². The van der Waals surface area contributed by atoms with Crippen LogP contribution in [0.3, 0.4) is 0 Å². The molecule has 100 valence electrons. The molecule has 1 aromatic carbocycles. The van der Waals surface area contributed by atoms with Crippen LogP contribution in [0.1, 0.15) is 32.3 Å². The molecule has 1 heterocycles. The summed E-state index contributed by atoms with van der Waals surface area (Å²) in [6.45, 7) is 6.01. The first-order valence-electron chi connectivity index (χ1n) is 6.60. The summed E-state index contributed by atoms with van der Waals surface area (Å²) in [5, 5.41) is 3.61. The lowest BCUT2D eigenvalue weighted by molar-refractivity contribution is -0.0630. The first-order valence-corrected chi connectivity index (χ1v) is 6.60. The number of ether oxygens (including phenoxy) is 2. The second-order valence-corrected chi connectivity index (χ2v) is 5.49. The third-order valence-corrected chi connectivity index (χ3v) is 3.47. The maximum absolute atomic E-state index is 5.73. The zero-order valence-electron chi connectivity index (χ0n) is 11.5. The number of rotatable bonds is 4. The van der Waals surface area contributed by atoms with E-state index >= 15 is 0 Å². The molecule has 0 bridgehead atoms. The van der Waals surface area contributed by atoms with E-state index in [0.29, 0.717) is 6.04 Å². The van der Waals surface area contributed by atoms with Gasteiger partial charge in [0.2, 0.25) is 0 Å². The molecule has 2 rings (SSSR count). The first-order chi connectivity index (χ1) is 8.61. The quantitative estimate of drug-likeness (QED) is 0.890. The molecule has 1 saturated heterocycles. The largest absolute Gasteiger partial charge is 0.496 e. The maximum Gasteiger partial charge on any atom is 0.123 e. The van der Waals surface area contributed by atoms with Crippen molar-refractivity contribution in [2.45, 2.75) is 44.9 Å². The molecule has 0 amide bonds. The van der Waals surface area contributed by atoms with E-state index in [4.69, 9.17) is 9.47 Å². The van der Waals surface area contributed by atoms with Crippen molar-refractivity contribution in [3.05, 3.63) is 29.8 Å². The van der Waals surface area contributed by atoms with E-state index in [1.165, 1.54) is 5.56 Å². The van der Waals surface area contributed by atoms with Crippen LogP contribution >= 0.6 is 0 Å². The molecule has 3 heteroatoms. The predicted molar refractivity (Wildman–Crippen MR) is 72.9 cm³/mol. The summed E-state index contributed by atoms with van der Waals surface area (Å²) in [5.41, 5.74) is 1.21. The Morgan fingerprint density at radius 3 is 2.89 bits per heavy atom. The summed E-state index contributed by atoms with van der Waals surface area (Å²) in [4.78, 5) is 0. The van der Waals surface area contributed by atoms with E-state index in [0.717, 1.165) is 31.7 Å². The molecule has 1 aliphatic heterocycles. The standard InChI is InChI=1S/C15H23NO2/c1-15(2)10-13(8-9-18-15)16-11-12-6-4-5-7-14(12)17-3/h4-7,13,16H,8-11H2,1-3H3. The number of benzene rings is 1. The van der Waals surface area contributed by atoms with Crippen LogP contribution in [0.2, 0.25) is 0 Å². The zero-order chi connectivity index (χ0) is 13.0. The summed E-state index contributed by atoms with van der Waals surface area (Å²) < 4.78 is 11.1. The topological polar surface area (TPSA) is 30.5 Å². The van der Waals surface area contributed by atoms with Gasteiger partial charge in [-0.25, -0.2) is 0 Å². The van der Waals surface area contributed by atoms with E-state index in [9.17, 15) is 0 Å². The van der Waals surface area contributed by atoms with Crippen molar-refractivity contribution in [3.8, 4) is 5.75 Å². The number of methoxy groups -OCH3 is 1. The van der Waals surface area contributed by atoms with Gasteiger partial charge < -0.3 is 14.8 Å². The summed E-state index contributed by atoms with van der Waals surface area (Å²) in [5.74, 6) is 0.955. The lowest BCUT2D eigenvalue weighted by atomic mass is 9.94. The molecule has 1 fully saturated rings. The molecule has 0 radical (unpaired) electrons. The Kier molecular flexibility index (Phi) is 4.25. The van der Waals surface area contributed by atoms with Gasteiger partial charge in [-0.05, 0) is 32.8 Å². The second kappa shape index (κ2) is 5.72. The van der Waals surface area contributed by atoms with E-state index < -0.39 is 0 Å². The van der Waals surface area contributed by atoms with Crippen LogP contribution in [0.5, 0.6) is 5.75 Å². The molecule has 1 N–H and O–H groups in total. The zero-order valence-corrected chi connectivity index (χ0v) is 11.5. The number of hydrogen-bond donors (Lipinski definition) is 1. The third-order valence-electron chi connectivity index (χ3n) is 3.47. The Bertz CT molecular complexity index is 390. The van der Waals surface area contributed by atoms with Gasteiger partial charge in [0.15, 0.2) is 0 Å². The monoisotopic (exact) mass is 249 g/mol. The molecule has 1 unspecified atom stereocenters. The number of nitrogens with one attached hydrogen (secondary N) is 1. The lowest BCUT2D eigenvalue weighted by Crippen LogP contribution is -2.43. The fourth-order valence-corrected chi connectivity index (χ4v) is 2.51. The van der Waals surface area contributed by atoms with Gasteiger partial charge in [0.25, 0.3) is 0 Å². The van der Waals surface area contributed by atoms with Crippen molar-refractivity contribution in [1.29, 1.82) is 0 Å². The molecule has 0 aliphatic carbocycles. The molecular weight excluding hydrogens is 226 g/mol. The van der Waals surface area contributed by atoms with Crippen LogP contribution in [0.4, 0.5) is 0 Å². The minimum absolute atomic E-state index is 0.00328. The van der Waals surface area contributed by atoms with E-state index in [1.54, 1.807) is 7.11 Å². The Morgan fingerprint density at radius 2 is 2.17 bits per heavy atom. The molecule has 18 heavy (non-hydrogen) atoms. The molecule has 1 aliphatic rings. The summed E-state index contributed by atoms with van der Waals surface area (Å²) in [6, 6.07) is 8.69. The van der Waals surface area contributed by atoms with Crippen molar-refractivity contribution in [2.75, 3.05) is 13.7 Å². The van der Waals surface area contributed by atoms with Crippen LogP contribution in [-0.4, -0.2) is 25.4 Å². The van der Waals surface area contributed by atoms with Crippen molar-refractivity contribution in [2.24, 2.45) is 0 Å². The van der Waals surface area contributed by atoms with Gasteiger partial charge in [-0.3, -0.25) is 0 Å². The van der Waals surface area contributed by atoms with Crippen molar-refractivity contribution < 1.29 is 9.47 Å². The summed E-state index contributed by atoms with van der Waals surface area (Å²) in [7, 11) is 1.72. The van der Waals surface area contributed by atoms with Gasteiger partial charge in [0.1, 0.15) is 5.75 Å².